The van der Waals surface area contributed by atoms with Crippen LogP contribution < -0.4 is 4.74 Å². The summed E-state index contributed by atoms with van der Waals surface area (Å²) in [5.41, 5.74) is 3.03. The third kappa shape index (κ3) is 4.46. The van der Waals surface area contributed by atoms with Crippen molar-refractivity contribution in [3.63, 3.8) is 0 Å². The predicted molar refractivity (Wildman–Crippen MR) is 118 cm³/mol. The smallest absolute Gasteiger partial charge is 0.328 e. The van der Waals surface area contributed by atoms with E-state index in [-0.39, 0.29) is 23.6 Å². The lowest BCUT2D eigenvalue weighted by Crippen LogP contribution is -2.51. The third-order valence-corrected chi connectivity index (χ3v) is 5.60. The Hall–Kier alpha value is -3.19. The number of H-pyrrole nitrogens is 1. The number of ether oxygens (including phenoxy) is 2. The molecule has 0 fully saturated rings. The third-order valence-electron chi connectivity index (χ3n) is 5.38. The summed E-state index contributed by atoms with van der Waals surface area (Å²) in [7, 11) is 2.86. The van der Waals surface area contributed by atoms with Crippen molar-refractivity contribution < 1.29 is 24.2 Å². The van der Waals surface area contributed by atoms with Gasteiger partial charge < -0.3 is 24.5 Å². The maximum absolute atomic E-state index is 12.2. The van der Waals surface area contributed by atoms with Crippen LogP contribution in [0.2, 0.25) is 0 Å². The molecule has 2 aromatic carbocycles. The molecular formula is C23H25ClN2O5. The monoisotopic (exact) mass is 444 g/mol. The predicted octanol–water partition coefficient (Wildman–Crippen LogP) is 3.79. The zero-order valence-electron chi connectivity index (χ0n) is 17.6. The molecule has 164 valence electrons. The van der Waals surface area contributed by atoms with Crippen molar-refractivity contribution in [2.24, 2.45) is 0 Å². The van der Waals surface area contributed by atoms with Crippen LogP contribution in [0.4, 0.5) is 0 Å². The molecular weight excluding hydrogens is 420 g/mol. The highest BCUT2D eigenvalue weighted by Crippen LogP contribution is 2.37. The second kappa shape index (κ2) is 9.75. The number of nitrogens with one attached hydrogen (secondary N) is 1. The molecule has 1 amide bonds. The van der Waals surface area contributed by atoms with Crippen molar-refractivity contribution in [3.05, 3.63) is 59.8 Å². The number of carbonyl (C=O) groups is 2. The van der Waals surface area contributed by atoms with Crippen LogP contribution in [0.25, 0.3) is 10.9 Å². The van der Waals surface area contributed by atoms with E-state index >= 15 is 0 Å². The zero-order chi connectivity index (χ0) is 22.5. The van der Waals surface area contributed by atoms with E-state index in [1.807, 2.05) is 31.2 Å². The van der Waals surface area contributed by atoms with Gasteiger partial charge in [0.15, 0.2) is 11.5 Å². The second-order valence-corrected chi connectivity index (χ2v) is 7.36. The van der Waals surface area contributed by atoms with Crippen molar-refractivity contribution in [2.75, 3.05) is 20.1 Å². The number of methoxy groups -OCH3 is 2. The standard InChI is InChI=1S/C16H17ClN2O3.C7H8O2/c1-9-15-11(10-5-3-4-6-12(10)18-15)7-13(16(21)22-2)19(9)14(20)8-17;1-9-7-5-3-2-4-6(7)8/h3-6,9,13,18H,7-8H2,1-2H3;2-5,8H,1H3. The number of rotatable bonds is 3. The highest BCUT2D eigenvalue weighted by atomic mass is 35.5. The molecule has 1 aliphatic heterocycles. The van der Waals surface area contributed by atoms with Crippen LogP contribution in [0.1, 0.15) is 24.2 Å². The van der Waals surface area contributed by atoms with Gasteiger partial charge in [0.05, 0.1) is 20.3 Å². The van der Waals surface area contributed by atoms with Crippen molar-refractivity contribution in [3.8, 4) is 11.5 Å². The first kappa shape index (κ1) is 22.5. The number of amides is 1. The Morgan fingerprint density at radius 2 is 1.84 bits per heavy atom. The van der Waals surface area contributed by atoms with E-state index in [0.717, 1.165) is 22.2 Å². The maximum atomic E-state index is 12.2. The number of hydrogen-bond donors (Lipinski definition) is 2. The Morgan fingerprint density at radius 1 is 1.16 bits per heavy atom. The van der Waals surface area contributed by atoms with Crippen LogP contribution in [-0.4, -0.2) is 53.0 Å². The summed E-state index contributed by atoms with van der Waals surface area (Å²) in [6.07, 6.45) is 0.430. The normalized spacial score (nSPS) is 17.4. The molecule has 0 saturated carbocycles. The number of aromatic hydroxyl groups is 1. The summed E-state index contributed by atoms with van der Waals surface area (Å²) in [4.78, 5) is 29.2. The van der Waals surface area contributed by atoms with E-state index in [1.54, 1.807) is 24.3 Å². The molecule has 31 heavy (non-hydrogen) atoms. The van der Waals surface area contributed by atoms with Crippen LogP contribution in [0, 0.1) is 0 Å². The van der Waals surface area contributed by atoms with Crippen LogP contribution in [0.15, 0.2) is 48.5 Å². The highest BCUT2D eigenvalue weighted by molar-refractivity contribution is 6.27. The molecule has 2 atom stereocenters. The molecule has 3 aromatic rings. The second-order valence-electron chi connectivity index (χ2n) is 7.09. The van der Waals surface area contributed by atoms with Gasteiger partial charge in [-0.3, -0.25) is 4.79 Å². The summed E-state index contributed by atoms with van der Waals surface area (Å²) in [5.74, 6) is -0.152. The van der Waals surface area contributed by atoms with E-state index in [2.05, 4.69) is 4.98 Å². The number of carbonyl (C=O) groups excluding carboxylic acids is 2. The number of aromatic amines is 1. The molecule has 4 rings (SSSR count). The van der Waals surface area contributed by atoms with E-state index in [1.165, 1.54) is 19.1 Å². The minimum absolute atomic E-state index is 0.159. The molecule has 0 spiro atoms. The number of phenolic OH excluding ortho intramolecular Hbond substituents is 1. The van der Waals surface area contributed by atoms with Crippen LogP contribution in [0.3, 0.4) is 0 Å². The van der Waals surface area contributed by atoms with E-state index in [0.29, 0.717) is 12.2 Å². The van der Waals surface area contributed by atoms with Gasteiger partial charge in [0.25, 0.3) is 0 Å². The molecule has 8 heteroatoms. The molecule has 1 aromatic heterocycles. The van der Waals surface area contributed by atoms with Gasteiger partial charge in [-0.1, -0.05) is 30.3 Å². The molecule has 2 N–H and O–H groups in total. The Morgan fingerprint density at radius 3 is 2.45 bits per heavy atom. The lowest BCUT2D eigenvalue weighted by molar-refractivity contribution is -0.154. The number of phenols is 1. The van der Waals surface area contributed by atoms with Gasteiger partial charge in [0.1, 0.15) is 11.9 Å². The van der Waals surface area contributed by atoms with Gasteiger partial charge in [-0.2, -0.15) is 0 Å². The molecule has 2 unspecified atom stereocenters. The molecule has 0 radical (unpaired) electrons. The van der Waals surface area contributed by atoms with Gasteiger partial charge in [0.2, 0.25) is 5.91 Å². The van der Waals surface area contributed by atoms with Crippen LogP contribution in [0.5, 0.6) is 11.5 Å². The molecule has 1 aliphatic rings. The van der Waals surface area contributed by atoms with E-state index in [9.17, 15) is 9.59 Å². The lowest BCUT2D eigenvalue weighted by atomic mass is 9.92. The molecule has 2 heterocycles. The van der Waals surface area contributed by atoms with Gasteiger partial charge in [-0.25, -0.2) is 4.79 Å². The number of halogens is 1. The largest absolute Gasteiger partial charge is 0.504 e. The fraction of sp³-hybridized carbons (Fsp3) is 0.304. The number of alkyl halides is 1. The molecule has 0 aliphatic carbocycles. The highest BCUT2D eigenvalue weighted by Gasteiger charge is 2.40. The van der Waals surface area contributed by atoms with Crippen molar-refractivity contribution in [1.29, 1.82) is 0 Å². The summed E-state index contributed by atoms with van der Waals surface area (Å²) >= 11 is 5.72. The van der Waals surface area contributed by atoms with Gasteiger partial charge in [-0.05, 0) is 30.7 Å². The van der Waals surface area contributed by atoms with Gasteiger partial charge >= 0.3 is 5.97 Å². The fourth-order valence-corrected chi connectivity index (χ4v) is 4.06. The minimum Gasteiger partial charge on any atom is -0.504 e. The Kier molecular flexibility index (Phi) is 7.07. The topological polar surface area (TPSA) is 91.9 Å². The number of aromatic nitrogens is 1. The summed E-state index contributed by atoms with van der Waals surface area (Å²) < 4.78 is 9.68. The fourth-order valence-electron chi connectivity index (χ4n) is 3.92. The average Bonchev–Trinajstić information content (AvgIpc) is 3.18. The van der Waals surface area contributed by atoms with E-state index in [4.69, 9.17) is 26.2 Å². The van der Waals surface area contributed by atoms with Gasteiger partial charge in [-0.15, -0.1) is 11.6 Å². The number of nitrogens with zero attached hydrogens (tertiary/aromatic N) is 1. The van der Waals surface area contributed by atoms with Gasteiger partial charge in [0, 0.05) is 23.0 Å². The number of esters is 1. The molecule has 7 nitrogen and oxygen atoms in total. The SMILES string of the molecule is COC(=O)C1Cc2c([nH]c3ccccc23)C(C)N1C(=O)CCl.COc1ccccc1O. The summed E-state index contributed by atoms with van der Waals surface area (Å²) in [6, 6.07) is 13.9. The number of fused-ring (bicyclic) bond motifs is 3. The maximum Gasteiger partial charge on any atom is 0.328 e. The lowest BCUT2D eigenvalue weighted by Gasteiger charge is -2.38. The Balaban J connectivity index is 0.000000254. The first-order chi connectivity index (χ1) is 14.9. The number of benzene rings is 2. The Labute approximate surface area is 185 Å². The minimum atomic E-state index is -0.641. The van der Waals surface area contributed by atoms with Crippen LogP contribution in [-0.2, 0) is 20.7 Å². The quantitative estimate of drug-likeness (QED) is 0.473. The zero-order valence-corrected chi connectivity index (χ0v) is 18.3. The van der Waals surface area contributed by atoms with Crippen molar-refractivity contribution >= 4 is 34.4 Å². The average molecular weight is 445 g/mol. The number of para-hydroxylation sites is 3. The first-order valence-corrected chi connectivity index (χ1v) is 10.3. The summed E-state index contributed by atoms with van der Waals surface area (Å²) in [6.45, 7) is 1.90. The van der Waals surface area contributed by atoms with E-state index < -0.39 is 12.0 Å². The van der Waals surface area contributed by atoms with Crippen molar-refractivity contribution in [2.45, 2.75) is 25.4 Å². The van der Waals surface area contributed by atoms with Crippen molar-refractivity contribution in [1.82, 2.24) is 9.88 Å². The van der Waals surface area contributed by atoms with Crippen LogP contribution >= 0.6 is 11.6 Å². The Bertz CT molecular complexity index is 1080. The first-order valence-electron chi connectivity index (χ1n) is 9.79. The molecule has 0 bridgehead atoms. The summed E-state index contributed by atoms with van der Waals surface area (Å²) in [5, 5.41) is 10.1. The molecule has 0 saturated heterocycles. The number of hydrogen-bond acceptors (Lipinski definition) is 5.